The number of amides is 1. The van der Waals surface area contributed by atoms with Gasteiger partial charge in [0.15, 0.2) is 0 Å². The fourth-order valence-corrected chi connectivity index (χ4v) is 3.49. The Morgan fingerprint density at radius 2 is 1.79 bits per heavy atom. The summed E-state index contributed by atoms with van der Waals surface area (Å²) in [6.07, 6.45) is 0.198. The highest BCUT2D eigenvalue weighted by Gasteiger charge is 2.19. The molecule has 0 saturated carbocycles. The standard InChI is InChI=1S/C23H27N3O3/c1-14(2)13-26-16(4)19(15(3)25-26)12-22(27)24-21-11-18-9-7-6-8-17(18)10-20(21)23(28)29-5/h6-11,14H,12-13H2,1-5H3,(H,24,27). The molecule has 0 radical (unpaired) electrons. The lowest BCUT2D eigenvalue weighted by Crippen LogP contribution is -2.18. The number of hydrogen-bond donors (Lipinski definition) is 1. The second-order valence-electron chi connectivity index (χ2n) is 7.69. The van der Waals surface area contributed by atoms with Crippen LogP contribution in [0.3, 0.4) is 0 Å². The van der Waals surface area contributed by atoms with E-state index in [1.807, 2.05) is 42.8 Å². The van der Waals surface area contributed by atoms with E-state index >= 15 is 0 Å². The van der Waals surface area contributed by atoms with Gasteiger partial charge in [0.1, 0.15) is 0 Å². The number of aryl methyl sites for hydroxylation is 1. The number of carbonyl (C=O) groups excluding carboxylic acids is 2. The highest BCUT2D eigenvalue weighted by atomic mass is 16.5. The minimum Gasteiger partial charge on any atom is -0.465 e. The van der Waals surface area contributed by atoms with Crippen LogP contribution in [0.5, 0.6) is 0 Å². The topological polar surface area (TPSA) is 73.2 Å². The van der Waals surface area contributed by atoms with Gasteiger partial charge in [0, 0.05) is 17.8 Å². The first kappa shape index (κ1) is 20.6. The van der Waals surface area contributed by atoms with Crippen molar-refractivity contribution >= 4 is 28.3 Å². The van der Waals surface area contributed by atoms with E-state index in [4.69, 9.17) is 4.74 Å². The number of carbonyl (C=O) groups is 2. The second kappa shape index (κ2) is 8.47. The van der Waals surface area contributed by atoms with Crippen molar-refractivity contribution in [2.24, 2.45) is 5.92 Å². The normalized spacial score (nSPS) is 11.1. The monoisotopic (exact) mass is 393 g/mol. The molecular weight excluding hydrogens is 366 g/mol. The summed E-state index contributed by atoms with van der Waals surface area (Å²) in [6.45, 7) is 8.99. The summed E-state index contributed by atoms with van der Waals surface area (Å²) in [4.78, 5) is 25.1. The van der Waals surface area contributed by atoms with Crippen molar-refractivity contribution < 1.29 is 14.3 Å². The third kappa shape index (κ3) is 4.47. The van der Waals surface area contributed by atoms with Crippen LogP contribution in [0.25, 0.3) is 10.8 Å². The summed E-state index contributed by atoms with van der Waals surface area (Å²) in [5, 5.41) is 9.31. The van der Waals surface area contributed by atoms with Crippen molar-refractivity contribution in [2.75, 3.05) is 12.4 Å². The summed E-state index contributed by atoms with van der Waals surface area (Å²) in [7, 11) is 1.33. The Kier molecular flexibility index (Phi) is 6.01. The molecule has 1 aromatic heterocycles. The fraction of sp³-hybridized carbons (Fsp3) is 0.348. The third-order valence-corrected chi connectivity index (χ3v) is 4.97. The number of esters is 1. The van der Waals surface area contributed by atoms with E-state index in [2.05, 4.69) is 24.3 Å². The van der Waals surface area contributed by atoms with Crippen LogP contribution < -0.4 is 5.32 Å². The first-order valence-corrected chi connectivity index (χ1v) is 9.74. The van der Waals surface area contributed by atoms with Gasteiger partial charge in [-0.2, -0.15) is 5.10 Å². The summed E-state index contributed by atoms with van der Waals surface area (Å²) in [5.74, 6) is -0.209. The van der Waals surface area contributed by atoms with E-state index in [1.165, 1.54) is 7.11 Å². The van der Waals surface area contributed by atoms with E-state index in [-0.39, 0.29) is 12.3 Å². The number of ether oxygens (including phenoxy) is 1. The molecule has 6 nitrogen and oxygen atoms in total. The van der Waals surface area contributed by atoms with E-state index in [0.717, 1.165) is 34.3 Å². The molecule has 0 atom stereocenters. The highest BCUT2D eigenvalue weighted by Crippen LogP contribution is 2.25. The predicted molar refractivity (Wildman–Crippen MR) is 114 cm³/mol. The molecule has 0 bridgehead atoms. The summed E-state index contributed by atoms with van der Waals surface area (Å²) in [6, 6.07) is 11.2. The Balaban J connectivity index is 1.88. The number of anilines is 1. The van der Waals surface area contributed by atoms with Gasteiger partial charge in [0.2, 0.25) is 5.91 Å². The Labute approximate surface area is 170 Å². The first-order valence-electron chi connectivity index (χ1n) is 9.74. The smallest absolute Gasteiger partial charge is 0.339 e. The van der Waals surface area contributed by atoms with E-state index in [9.17, 15) is 9.59 Å². The maximum absolute atomic E-state index is 12.8. The molecule has 0 fully saturated rings. The average Bonchev–Trinajstić information content (AvgIpc) is 2.93. The van der Waals surface area contributed by atoms with Crippen LogP contribution in [0.1, 0.15) is 41.2 Å². The summed E-state index contributed by atoms with van der Waals surface area (Å²) < 4.78 is 6.86. The largest absolute Gasteiger partial charge is 0.465 e. The Morgan fingerprint density at radius 1 is 1.14 bits per heavy atom. The van der Waals surface area contributed by atoms with Crippen LogP contribution in [0, 0.1) is 19.8 Å². The summed E-state index contributed by atoms with van der Waals surface area (Å²) in [5.41, 5.74) is 3.56. The molecule has 2 aromatic carbocycles. The van der Waals surface area contributed by atoms with Crippen molar-refractivity contribution in [3.63, 3.8) is 0 Å². The van der Waals surface area contributed by atoms with E-state index < -0.39 is 5.97 Å². The number of nitrogens with one attached hydrogen (secondary N) is 1. The van der Waals surface area contributed by atoms with Gasteiger partial charge in [-0.05, 0) is 42.7 Å². The molecule has 1 heterocycles. The number of methoxy groups -OCH3 is 1. The fourth-order valence-electron chi connectivity index (χ4n) is 3.49. The lowest BCUT2D eigenvalue weighted by atomic mass is 10.0. The van der Waals surface area contributed by atoms with Crippen molar-refractivity contribution in [1.29, 1.82) is 0 Å². The van der Waals surface area contributed by atoms with Gasteiger partial charge in [-0.15, -0.1) is 0 Å². The van der Waals surface area contributed by atoms with Crippen molar-refractivity contribution in [1.82, 2.24) is 9.78 Å². The van der Waals surface area contributed by atoms with Crippen LogP contribution in [0.4, 0.5) is 5.69 Å². The Hall–Kier alpha value is -3.15. The van der Waals surface area contributed by atoms with Gasteiger partial charge in [0.05, 0.1) is 30.5 Å². The van der Waals surface area contributed by atoms with Gasteiger partial charge < -0.3 is 10.1 Å². The minimum absolute atomic E-state index is 0.194. The van der Waals surface area contributed by atoms with Crippen LogP contribution in [-0.2, 0) is 22.5 Å². The Morgan fingerprint density at radius 3 is 2.41 bits per heavy atom. The molecule has 6 heteroatoms. The number of aromatic nitrogens is 2. The SMILES string of the molecule is COC(=O)c1cc2ccccc2cc1NC(=O)Cc1c(C)nn(CC(C)C)c1C. The number of hydrogen-bond acceptors (Lipinski definition) is 4. The average molecular weight is 393 g/mol. The first-order chi connectivity index (χ1) is 13.8. The van der Waals surface area contributed by atoms with Gasteiger partial charge in [-0.25, -0.2) is 4.79 Å². The van der Waals surface area contributed by atoms with Gasteiger partial charge in [-0.1, -0.05) is 38.1 Å². The van der Waals surface area contributed by atoms with E-state index in [0.29, 0.717) is 17.2 Å². The van der Waals surface area contributed by atoms with Crippen LogP contribution >= 0.6 is 0 Å². The molecule has 3 aromatic rings. The highest BCUT2D eigenvalue weighted by molar-refractivity contribution is 6.06. The number of nitrogens with zero attached hydrogens (tertiary/aromatic N) is 2. The number of fused-ring (bicyclic) bond motifs is 1. The quantitative estimate of drug-likeness (QED) is 0.635. The molecule has 0 aliphatic rings. The zero-order valence-corrected chi connectivity index (χ0v) is 17.6. The molecule has 1 amide bonds. The van der Waals surface area contributed by atoms with Crippen LogP contribution in [0.2, 0.25) is 0 Å². The van der Waals surface area contributed by atoms with Crippen molar-refractivity contribution in [3.05, 3.63) is 58.9 Å². The number of benzene rings is 2. The van der Waals surface area contributed by atoms with Gasteiger partial charge in [0.25, 0.3) is 0 Å². The molecule has 0 unspecified atom stereocenters. The molecule has 1 N–H and O–H groups in total. The second-order valence-corrected chi connectivity index (χ2v) is 7.69. The maximum Gasteiger partial charge on any atom is 0.339 e. The molecule has 0 saturated heterocycles. The number of rotatable bonds is 6. The Bertz CT molecular complexity index is 1070. The molecule has 152 valence electrons. The van der Waals surface area contributed by atoms with Crippen LogP contribution in [0.15, 0.2) is 36.4 Å². The van der Waals surface area contributed by atoms with Gasteiger partial charge in [-0.3, -0.25) is 9.48 Å². The molecular formula is C23H27N3O3. The van der Waals surface area contributed by atoms with Crippen molar-refractivity contribution in [3.8, 4) is 0 Å². The molecule has 0 aliphatic carbocycles. The molecule has 3 rings (SSSR count). The third-order valence-electron chi connectivity index (χ3n) is 4.97. The minimum atomic E-state index is -0.483. The lowest BCUT2D eigenvalue weighted by Gasteiger charge is -2.12. The van der Waals surface area contributed by atoms with E-state index in [1.54, 1.807) is 12.1 Å². The predicted octanol–water partition coefficient (Wildman–Crippen LogP) is 4.28. The van der Waals surface area contributed by atoms with Crippen LogP contribution in [-0.4, -0.2) is 28.8 Å². The maximum atomic E-state index is 12.8. The zero-order chi connectivity index (χ0) is 21.1. The van der Waals surface area contributed by atoms with Gasteiger partial charge >= 0.3 is 5.97 Å². The molecule has 0 spiro atoms. The zero-order valence-electron chi connectivity index (χ0n) is 17.6. The molecule has 29 heavy (non-hydrogen) atoms. The molecule has 0 aliphatic heterocycles. The lowest BCUT2D eigenvalue weighted by molar-refractivity contribution is -0.115. The van der Waals surface area contributed by atoms with Crippen molar-refractivity contribution in [2.45, 2.75) is 40.7 Å². The summed E-state index contributed by atoms with van der Waals surface area (Å²) >= 11 is 0.